The zero-order valence-electron chi connectivity index (χ0n) is 11.3. The molecule has 0 saturated carbocycles. The van der Waals surface area contributed by atoms with Crippen molar-refractivity contribution in [2.45, 2.75) is 26.7 Å². The Morgan fingerprint density at radius 1 is 1.17 bits per heavy atom. The first-order valence-corrected chi connectivity index (χ1v) is 5.94. The lowest BCUT2D eigenvalue weighted by atomic mass is 10.3. The van der Waals surface area contributed by atoms with E-state index in [4.69, 9.17) is 5.73 Å². The van der Waals surface area contributed by atoms with Crippen LogP contribution in [0, 0.1) is 0 Å². The predicted octanol–water partition coefficient (Wildman–Crippen LogP) is 2.73. The van der Waals surface area contributed by atoms with Crippen molar-refractivity contribution in [2.24, 2.45) is 5.73 Å². The van der Waals surface area contributed by atoms with Gasteiger partial charge in [-0.2, -0.15) is 0 Å². The van der Waals surface area contributed by atoms with Crippen LogP contribution in [0.4, 0.5) is 17.3 Å². The van der Waals surface area contributed by atoms with E-state index in [1.54, 1.807) is 0 Å². The molecule has 3 nitrogen and oxygen atoms in total. The van der Waals surface area contributed by atoms with Crippen LogP contribution in [0.2, 0.25) is 0 Å². The second kappa shape index (κ2) is 11.2. The van der Waals surface area contributed by atoms with E-state index in [2.05, 4.69) is 43.1 Å². The minimum Gasteiger partial charge on any atom is -0.418 e. The van der Waals surface area contributed by atoms with Gasteiger partial charge in [-0.05, 0) is 19.9 Å². The smallest absolute Gasteiger partial charge is 0.418 e. The van der Waals surface area contributed by atoms with Gasteiger partial charge in [0.1, 0.15) is 0 Å². The molecule has 1 aliphatic rings. The van der Waals surface area contributed by atoms with Crippen LogP contribution in [0.3, 0.4) is 0 Å². The van der Waals surface area contributed by atoms with Crippen LogP contribution in [-0.2, 0) is 0 Å². The second-order valence-electron chi connectivity index (χ2n) is 3.74. The molecule has 0 aromatic carbocycles. The number of hydrogen-bond acceptors (Lipinski definition) is 3. The summed E-state index contributed by atoms with van der Waals surface area (Å²) in [5.41, 5.74) is 5.14. The Morgan fingerprint density at radius 2 is 1.67 bits per heavy atom. The van der Waals surface area contributed by atoms with Gasteiger partial charge in [0.2, 0.25) is 0 Å². The number of nitrogens with two attached hydrogens (primary N) is 1. The lowest BCUT2D eigenvalue weighted by Gasteiger charge is -2.14. The summed E-state index contributed by atoms with van der Waals surface area (Å²) in [6.07, 6.45) is 6.58. The Hall–Kier alpha value is -0.915. The highest BCUT2D eigenvalue weighted by molar-refractivity contribution is 6.50. The van der Waals surface area contributed by atoms with Crippen molar-refractivity contribution < 1.29 is 17.3 Å². The lowest BCUT2D eigenvalue weighted by molar-refractivity contribution is 0.308. The highest BCUT2D eigenvalue weighted by atomic mass is 19.5. The molecular weight excluding hydrogens is 249 g/mol. The molecule has 0 spiro atoms. The van der Waals surface area contributed by atoms with E-state index >= 15 is 0 Å². The number of hydrogen-bond donors (Lipinski definition) is 1. The van der Waals surface area contributed by atoms with E-state index in [0.717, 1.165) is 19.8 Å². The molecule has 0 bridgehead atoms. The van der Waals surface area contributed by atoms with Gasteiger partial charge >= 0.3 is 7.25 Å². The van der Waals surface area contributed by atoms with E-state index in [0.29, 0.717) is 0 Å². The molecule has 1 aliphatic heterocycles. The maximum absolute atomic E-state index is 9.75. The summed E-state index contributed by atoms with van der Waals surface area (Å²) in [6, 6.07) is 0. The summed E-state index contributed by atoms with van der Waals surface area (Å²) in [6.45, 7) is 7.30. The minimum absolute atomic E-state index is 0.844. The van der Waals surface area contributed by atoms with Gasteiger partial charge in [-0.15, -0.1) is 0 Å². The summed E-state index contributed by atoms with van der Waals surface area (Å²) in [5, 5.41) is 0. The average molecular weight is 272 g/mol. The van der Waals surface area contributed by atoms with E-state index in [1.807, 2.05) is 0 Å². The van der Waals surface area contributed by atoms with Crippen LogP contribution >= 0.6 is 0 Å². The van der Waals surface area contributed by atoms with E-state index in [-0.39, 0.29) is 0 Å². The summed E-state index contributed by atoms with van der Waals surface area (Å²) < 4.78 is 39.0. The molecule has 110 valence electrons. The van der Waals surface area contributed by atoms with Crippen LogP contribution in [0.15, 0.2) is 12.4 Å². The van der Waals surface area contributed by atoms with E-state index in [9.17, 15) is 17.3 Å². The average Bonchev–Trinajstić information content (AvgIpc) is 2.64. The minimum atomic E-state index is -6.00. The Labute approximate surface area is 107 Å². The first kappa shape index (κ1) is 19.4. The van der Waals surface area contributed by atoms with E-state index < -0.39 is 7.25 Å². The summed E-state index contributed by atoms with van der Waals surface area (Å²) in [7, 11) is -3.92. The Bertz CT molecular complexity index is 204. The zero-order valence-corrected chi connectivity index (χ0v) is 11.3. The van der Waals surface area contributed by atoms with Crippen molar-refractivity contribution in [3.05, 3.63) is 12.4 Å². The largest absolute Gasteiger partial charge is 0.673 e. The fourth-order valence-electron chi connectivity index (χ4n) is 0.998. The third-order valence-electron chi connectivity index (χ3n) is 1.90. The first-order valence-electron chi connectivity index (χ1n) is 5.94. The fourth-order valence-corrected chi connectivity index (χ4v) is 0.998. The van der Waals surface area contributed by atoms with Crippen molar-refractivity contribution in [2.75, 3.05) is 26.8 Å². The first-order chi connectivity index (χ1) is 8.24. The summed E-state index contributed by atoms with van der Waals surface area (Å²) in [4.78, 5) is 4.41. The predicted molar refractivity (Wildman–Crippen MR) is 68.3 cm³/mol. The van der Waals surface area contributed by atoms with Crippen molar-refractivity contribution in [1.82, 2.24) is 9.80 Å². The normalized spacial score (nSPS) is 13.8. The highest BCUT2D eigenvalue weighted by Crippen LogP contribution is 2.06. The molecule has 0 aromatic rings. The van der Waals surface area contributed by atoms with Crippen LogP contribution in [-0.4, -0.2) is 43.9 Å². The third-order valence-corrected chi connectivity index (χ3v) is 1.90. The third kappa shape index (κ3) is 20.5. The Balaban J connectivity index is 0. The van der Waals surface area contributed by atoms with E-state index in [1.165, 1.54) is 12.8 Å². The molecule has 0 atom stereocenters. The molecule has 0 fully saturated rings. The molecule has 1 rings (SSSR count). The molecule has 2 N–H and O–H groups in total. The molecule has 0 aromatic heterocycles. The Morgan fingerprint density at radius 3 is 1.78 bits per heavy atom. The van der Waals surface area contributed by atoms with Gasteiger partial charge in [-0.1, -0.05) is 13.3 Å². The SMILES string of the molecule is CCCCN.CCN1C=CN(C)C1.F[B-](F)(F)F. The molecule has 1 heterocycles. The molecule has 0 aliphatic carbocycles. The number of rotatable bonds is 3. The van der Waals surface area contributed by atoms with Crippen molar-refractivity contribution in [3.63, 3.8) is 0 Å². The van der Waals surface area contributed by atoms with Crippen LogP contribution in [0.5, 0.6) is 0 Å². The van der Waals surface area contributed by atoms with Gasteiger partial charge in [0.05, 0.1) is 6.67 Å². The Kier molecular flexibility index (Phi) is 12.1. The van der Waals surface area contributed by atoms with Crippen molar-refractivity contribution >= 4 is 7.25 Å². The number of halogens is 4. The van der Waals surface area contributed by atoms with Crippen LogP contribution < -0.4 is 5.73 Å². The molecule has 0 amide bonds. The molecular formula is C10H23BF4N3-. The fraction of sp³-hybridized carbons (Fsp3) is 0.800. The maximum atomic E-state index is 9.75. The lowest BCUT2D eigenvalue weighted by Crippen LogP contribution is -2.21. The van der Waals surface area contributed by atoms with Gasteiger partial charge in [0.25, 0.3) is 0 Å². The van der Waals surface area contributed by atoms with Gasteiger partial charge in [0, 0.05) is 26.0 Å². The van der Waals surface area contributed by atoms with Gasteiger partial charge in [-0.3, -0.25) is 0 Å². The number of nitrogens with zero attached hydrogens (tertiary/aromatic N) is 2. The standard InChI is InChI=1S/C6H12N2.C4H11N.BF4/c1-3-8-5-4-7(2)6-8;1-2-3-4-5;2-1(3,4)5/h4-5H,3,6H2,1-2H3;2-5H2,1H3;/q;;-1. The van der Waals surface area contributed by atoms with Crippen LogP contribution in [0.1, 0.15) is 26.7 Å². The zero-order chi connectivity index (χ0) is 14.6. The molecule has 0 radical (unpaired) electrons. The maximum Gasteiger partial charge on any atom is 0.673 e. The van der Waals surface area contributed by atoms with Gasteiger partial charge < -0.3 is 32.8 Å². The van der Waals surface area contributed by atoms with Crippen LogP contribution in [0.25, 0.3) is 0 Å². The molecule has 0 unspecified atom stereocenters. The second-order valence-corrected chi connectivity index (χ2v) is 3.74. The van der Waals surface area contributed by atoms with Gasteiger partial charge in [-0.25, -0.2) is 0 Å². The monoisotopic (exact) mass is 272 g/mol. The molecule has 8 heteroatoms. The number of unbranched alkanes of at least 4 members (excludes halogenated alkanes) is 1. The summed E-state index contributed by atoms with van der Waals surface area (Å²) in [5.74, 6) is 0. The van der Waals surface area contributed by atoms with Crippen molar-refractivity contribution in [3.8, 4) is 0 Å². The molecule has 18 heavy (non-hydrogen) atoms. The highest BCUT2D eigenvalue weighted by Gasteiger charge is 2.20. The van der Waals surface area contributed by atoms with Crippen molar-refractivity contribution in [1.29, 1.82) is 0 Å². The quantitative estimate of drug-likeness (QED) is 0.633. The topological polar surface area (TPSA) is 32.5 Å². The summed E-state index contributed by atoms with van der Waals surface area (Å²) >= 11 is 0. The van der Waals surface area contributed by atoms with Gasteiger partial charge in [0.15, 0.2) is 0 Å². The molecule has 0 saturated heterocycles.